The second kappa shape index (κ2) is 7.03. The first-order valence-electron chi connectivity index (χ1n) is 6.67. The smallest absolute Gasteiger partial charge is 0.329 e. The molecule has 0 unspecified atom stereocenters. The summed E-state index contributed by atoms with van der Waals surface area (Å²) in [7, 11) is 1.70. The maximum Gasteiger partial charge on any atom is 0.329 e. The monoisotopic (exact) mass is 288 g/mol. The second-order valence-corrected chi connectivity index (χ2v) is 6.40. The SMILES string of the molecule is CSCCN(C)C(=O)NC1(C(=O)O)CCC(C)CC1. The number of carboxylic acids is 1. The molecule has 0 heterocycles. The number of hydrogen-bond acceptors (Lipinski definition) is 3. The molecule has 110 valence electrons. The molecule has 1 fully saturated rings. The molecule has 6 heteroatoms. The first-order valence-corrected chi connectivity index (χ1v) is 8.06. The number of rotatable bonds is 5. The van der Waals surface area contributed by atoms with E-state index in [1.54, 1.807) is 23.7 Å². The van der Waals surface area contributed by atoms with Gasteiger partial charge in [-0.15, -0.1) is 0 Å². The van der Waals surface area contributed by atoms with Crippen LogP contribution in [0.15, 0.2) is 0 Å². The van der Waals surface area contributed by atoms with Gasteiger partial charge < -0.3 is 15.3 Å². The van der Waals surface area contributed by atoms with Gasteiger partial charge in [0.2, 0.25) is 0 Å². The molecule has 1 aliphatic rings. The average molecular weight is 288 g/mol. The van der Waals surface area contributed by atoms with Crippen molar-refractivity contribution in [2.45, 2.75) is 38.1 Å². The van der Waals surface area contributed by atoms with Crippen molar-refractivity contribution in [3.8, 4) is 0 Å². The fraction of sp³-hybridized carbons (Fsp3) is 0.846. The second-order valence-electron chi connectivity index (χ2n) is 5.41. The zero-order chi connectivity index (χ0) is 14.5. The van der Waals surface area contributed by atoms with E-state index >= 15 is 0 Å². The van der Waals surface area contributed by atoms with Gasteiger partial charge in [-0.25, -0.2) is 9.59 Å². The summed E-state index contributed by atoms with van der Waals surface area (Å²) >= 11 is 1.66. The number of carbonyl (C=O) groups is 2. The molecule has 0 radical (unpaired) electrons. The van der Waals surface area contributed by atoms with Crippen molar-refractivity contribution in [3.63, 3.8) is 0 Å². The van der Waals surface area contributed by atoms with Crippen LogP contribution in [0.1, 0.15) is 32.6 Å². The molecule has 1 rings (SSSR count). The van der Waals surface area contributed by atoms with Gasteiger partial charge >= 0.3 is 12.0 Å². The van der Waals surface area contributed by atoms with Crippen molar-refractivity contribution >= 4 is 23.8 Å². The number of nitrogens with zero attached hydrogens (tertiary/aromatic N) is 1. The molecule has 0 aromatic heterocycles. The predicted molar refractivity (Wildman–Crippen MR) is 77.5 cm³/mol. The van der Waals surface area contributed by atoms with Crippen LogP contribution in [0.4, 0.5) is 4.79 Å². The Bertz CT molecular complexity index is 328. The third kappa shape index (κ3) is 4.30. The van der Waals surface area contributed by atoms with Gasteiger partial charge in [-0.1, -0.05) is 6.92 Å². The van der Waals surface area contributed by atoms with Crippen LogP contribution in [-0.2, 0) is 4.79 Å². The summed E-state index contributed by atoms with van der Waals surface area (Å²) in [4.78, 5) is 25.1. The molecule has 0 atom stereocenters. The lowest BCUT2D eigenvalue weighted by atomic mass is 9.77. The van der Waals surface area contributed by atoms with Crippen LogP contribution in [0.2, 0.25) is 0 Å². The lowest BCUT2D eigenvalue weighted by molar-refractivity contribution is -0.146. The van der Waals surface area contributed by atoms with Gasteiger partial charge in [0.1, 0.15) is 5.54 Å². The summed E-state index contributed by atoms with van der Waals surface area (Å²) in [6, 6.07) is -0.286. The third-order valence-electron chi connectivity index (χ3n) is 3.86. The number of hydrogen-bond donors (Lipinski definition) is 2. The summed E-state index contributed by atoms with van der Waals surface area (Å²) in [5, 5.41) is 12.2. The standard InChI is InChI=1S/C13H24N2O3S/c1-10-4-6-13(7-5-10,11(16)17)14-12(18)15(2)8-9-19-3/h10H,4-9H2,1-3H3,(H,14,18)(H,16,17). The largest absolute Gasteiger partial charge is 0.480 e. The van der Waals surface area contributed by atoms with Crippen LogP contribution >= 0.6 is 11.8 Å². The van der Waals surface area contributed by atoms with Gasteiger partial charge in [0.25, 0.3) is 0 Å². The maximum absolute atomic E-state index is 12.1. The van der Waals surface area contributed by atoms with Crippen molar-refractivity contribution < 1.29 is 14.7 Å². The van der Waals surface area contributed by atoms with Crippen molar-refractivity contribution in [1.29, 1.82) is 0 Å². The number of carboxylic acid groups (broad SMARTS) is 1. The van der Waals surface area contributed by atoms with Crippen LogP contribution in [0.25, 0.3) is 0 Å². The van der Waals surface area contributed by atoms with Crippen molar-refractivity contribution in [2.75, 3.05) is 25.6 Å². The van der Waals surface area contributed by atoms with Crippen LogP contribution in [0.3, 0.4) is 0 Å². The van der Waals surface area contributed by atoms with E-state index in [9.17, 15) is 14.7 Å². The fourth-order valence-corrected chi connectivity index (χ4v) is 2.73. The quantitative estimate of drug-likeness (QED) is 0.812. The molecule has 0 aromatic carbocycles. The van der Waals surface area contributed by atoms with Crippen LogP contribution in [-0.4, -0.2) is 53.1 Å². The van der Waals surface area contributed by atoms with Crippen molar-refractivity contribution in [1.82, 2.24) is 10.2 Å². The minimum Gasteiger partial charge on any atom is -0.480 e. The number of amides is 2. The molecule has 0 saturated heterocycles. The summed E-state index contributed by atoms with van der Waals surface area (Å²) < 4.78 is 0. The lowest BCUT2D eigenvalue weighted by Crippen LogP contribution is -2.58. The van der Waals surface area contributed by atoms with Gasteiger partial charge in [-0.05, 0) is 37.9 Å². The number of aliphatic carboxylic acids is 1. The molecule has 2 N–H and O–H groups in total. The zero-order valence-electron chi connectivity index (χ0n) is 11.9. The Morgan fingerprint density at radius 1 is 1.42 bits per heavy atom. The van der Waals surface area contributed by atoms with E-state index in [-0.39, 0.29) is 6.03 Å². The van der Waals surface area contributed by atoms with Gasteiger partial charge in [0.15, 0.2) is 0 Å². The number of nitrogens with one attached hydrogen (secondary N) is 1. The molecule has 1 aliphatic carbocycles. The Kier molecular flexibility index (Phi) is 5.97. The van der Waals surface area contributed by atoms with E-state index in [2.05, 4.69) is 12.2 Å². The minimum absolute atomic E-state index is 0.286. The molecular weight excluding hydrogens is 264 g/mol. The van der Waals surface area contributed by atoms with Crippen LogP contribution in [0, 0.1) is 5.92 Å². The summed E-state index contributed by atoms with van der Waals surface area (Å²) in [6.07, 6.45) is 4.71. The average Bonchev–Trinajstić information content (AvgIpc) is 2.38. The first-order chi connectivity index (χ1) is 8.91. The molecular formula is C13H24N2O3S. The Labute approximate surface area is 119 Å². The molecule has 2 amide bonds. The number of urea groups is 1. The van der Waals surface area contributed by atoms with Gasteiger partial charge in [0, 0.05) is 19.3 Å². The maximum atomic E-state index is 12.1. The number of carbonyl (C=O) groups excluding carboxylic acids is 1. The highest BCUT2D eigenvalue weighted by molar-refractivity contribution is 7.98. The Morgan fingerprint density at radius 3 is 2.47 bits per heavy atom. The molecule has 19 heavy (non-hydrogen) atoms. The molecule has 0 spiro atoms. The summed E-state index contributed by atoms with van der Waals surface area (Å²) in [6.45, 7) is 2.75. The normalized spacial score (nSPS) is 26.8. The topological polar surface area (TPSA) is 69.6 Å². The van der Waals surface area contributed by atoms with Crippen molar-refractivity contribution in [2.24, 2.45) is 5.92 Å². The highest BCUT2D eigenvalue weighted by Gasteiger charge is 2.42. The Hall–Kier alpha value is -0.910. The molecule has 5 nitrogen and oxygen atoms in total. The molecule has 0 bridgehead atoms. The van der Waals surface area contributed by atoms with Gasteiger partial charge in [0.05, 0.1) is 0 Å². The fourth-order valence-electron chi connectivity index (χ4n) is 2.28. The molecule has 0 aliphatic heterocycles. The lowest BCUT2D eigenvalue weighted by Gasteiger charge is -2.37. The zero-order valence-corrected chi connectivity index (χ0v) is 12.8. The van der Waals surface area contributed by atoms with Gasteiger partial charge in [-0.2, -0.15) is 11.8 Å². The third-order valence-corrected chi connectivity index (χ3v) is 4.45. The Morgan fingerprint density at radius 2 is 2.00 bits per heavy atom. The summed E-state index contributed by atoms with van der Waals surface area (Å²) in [5.41, 5.74) is -1.07. The van der Waals surface area contributed by atoms with Crippen LogP contribution < -0.4 is 5.32 Å². The number of thioether (sulfide) groups is 1. The van der Waals surface area contributed by atoms with Gasteiger partial charge in [-0.3, -0.25) is 0 Å². The van der Waals surface area contributed by atoms with E-state index in [4.69, 9.17) is 0 Å². The highest BCUT2D eigenvalue weighted by atomic mass is 32.2. The minimum atomic E-state index is -1.07. The first kappa shape index (κ1) is 16.1. The molecule has 1 saturated carbocycles. The van der Waals surface area contributed by atoms with Crippen molar-refractivity contribution in [3.05, 3.63) is 0 Å². The van der Waals surface area contributed by atoms with Crippen LogP contribution in [0.5, 0.6) is 0 Å². The van der Waals surface area contributed by atoms with E-state index in [0.717, 1.165) is 18.6 Å². The molecule has 0 aromatic rings. The summed E-state index contributed by atoms with van der Waals surface area (Å²) in [5.74, 6) is 0.478. The van der Waals surface area contributed by atoms with E-state index in [1.807, 2.05) is 6.26 Å². The van der Waals surface area contributed by atoms with E-state index in [0.29, 0.717) is 25.3 Å². The van der Waals surface area contributed by atoms with E-state index in [1.165, 1.54) is 0 Å². The van der Waals surface area contributed by atoms with E-state index < -0.39 is 11.5 Å². The Balaban J connectivity index is 2.63. The predicted octanol–water partition coefficient (Wildman–Crippen LogP) is 2.02. The highest BCUT2D eigenvalue weighted by Crippen LogP contribution is 2.32.